The highest BCUT2D eigenvalue weighted by atomic mass is 32.2. The highest BCUT2D eigenvalue weighted by molar-refractivity contribution is 7.92. The molecule has 0 bridgehead atoms. The Morgan fingerprint density at radius 2 is 1.47 bits per heavy atom. The van der Waals surface area contributed by atoms with Crippen LogP contribution in [0, 0.1) is 0 Å². The summed E-state index contributed by atoms with van der Waals surface area (Å²) in [6.45, 7) is 3.85. The number of nitrogens with zero attached hydrogens (tertiary/aromatic N) is 1. The summed E-state index contributed by atoms with van der Waals surface area (Å²) < 4.78 is 27.2. The summed E-state index contributed by atoms with van der Waals surface area (Å²) in [5, 5.41) is 5.40. The van der Waals surface area contributed by atoms with Gasteiger partial charge in [0.25, 0.3) is 21.8 Å². The minimum Gasteiger partial charge on any atom is -0.349 e. The van der Waals surface area contributed by atoms with Gasteiger partial charge >= 0.3 is 0 Å². The largest absolute Gasteiger partial charge is 0.349 e. The first-order valence-electron chi connectivity index (χ1n) is 9.78. The molecule has 0 saturated carbocycles. The van der Waals surface area contributed by atoms with E-state index in [9.17, 15) is 18.0 Å². The van der Waals surface area contributed by atoms with Gasteiger partial charge in [0.15, 0.2) is 0 Å². The zero-order valence-electron chi connectivity index (χ0n) is 17.5. The van der Waals surface area contributed by atoms with Crippen molar-refractivity contribution >= 4 is 33.2 Å². The first-order valence-corrected chi connectivity index (χ1v) is 11.2. The number of nitrogens with one attached hydrogen (secondary N) is 2. The molecule has 2 N–H and O–H groups in total. The average Bonchev–Trinajstić information content (AvgIpc) is 2.82. The molecule has 0 fully saturated rings. The third-order valence-corrected chi connectivity index (χ3v) is 6.50. The predicted molar refractivity (Wildman–Crippen MR) is 125 cm³/mol. The van der Waals surface area contributed by atoms with Crippen LogP contribution in [0.15, 0.2) is 96.4 Å². The number of benzene rings is 3. The van der Waals surface area contributed by atoms with Crippen molar-refractivity contribution in [3.05, 3.63) is 103 Å². The van der Waals surface area contributed by atoms with E-state index >= 15 is 0 Å². The van der Waals surface area contributed by atoms with E-state index in [1.165, 1.54) is 25.2 Å². The maximum absolute atomic E-state index is 13.1. The lowest BCUT2D eigenvalue weighted by atomic mass is 10.1. The van der Waals surface area contributed by atoms with Crippen LogP contribution in [0.5, 0.6) is 0 Å². The standard InChI is InChI=1S/C24H23N3O4S/c1-3-17-25-23(28)19-13-7-9-15-21(19)26-24(29)20-14-8-10-16-22(20)27(2)32(30,31)18-11-5-4-6-12-18/h3-16H,1,17H2,2H3,(H,25,28)(H,26,29). The van der Waals surface area contributed by atoms with Gasteiger partial charge in [-0.25, -0.2) is 8.42 Å². The number of para-hydroxylation sites is 2. The lowest BCUT2D eigenvalue weighted by Gasteiger charge is -2.22. The van der Waals surface area contributed by atoms with Crippen molar-refractivity contribution in [2.24, 2.45) is 0 Å². The molecule has 0 spiro atoms. The number of anilines is 2. The molecule has 0 aliphatic rings. The smallest absolute Gasteiger partial charge is 0.264 e. The molecule has 0 saturated heterocycles. The second-order valence-corrected chi connectivity index (χ2v) is 8.77. The number of rotatable bonds is 8. The van der Waals surface area contributed by atoms with Gasteiger partial charge in [-0.05, 0) is 36.4 Å². The Morgan fingerprint density at radius 1 is 0.875 bits per heavy atom. The second kappa shape index (κ2) is 9.93. The van der Waals surface area contributed by atoms with E-state index in [2.05, 4.69) is 17.2 Å². The van der Waals surface area contributed by atoms with Crippen LogP contribution in [0.25, 0.3) is 0 Å². The van der Waals surface area contributed by atoms with E-state index in [0.29, 0.717) is 5.69 Å². The topological polar surface area (TPSA) is 95.6 Å². The summed E-state index contributed by atoms with van der Waals surface area (Å²) in [7, 11) is -2.48. The zero-order chi connectivity index (χ0) is 23.1. The van der Waals surface area contributed by atoms with Crippen molar-refractivity contribution in [2.45, 2.75) is 4.90 Å². The van der Waals surface area contributed by atoms with E-state index in [0.717, 1.165) is 4.31 Å². The molecule has 3 aromatic carbocycles. The van der Waals surface area contributed by atoms with Crippen molar-refractivity contribution < 1.29 is 18.0 Å². The number of carbonyl (C=O) groups is 2. The van der Waals surface area contributed by atoms with Gasteiger partial charge in [-0.15, -0.1) is 6.58 Å². The van der Waals surface area contributed by atoms with Crippen LogP contribution in [0.4, 0.5) is 11.4 Å². The van der Waals surface area contributed by atoms with Crippen molar-refractivity contribution in [3.63, 3.8) is 0 Å². The zero-order valence-corrected chi connectivity index (χ0v) is 18.3. The molecule has 7 nitrogen and oxygen atoms in total. The van der Waals surface area contributed by atoms with Crippen molar-refractivity contribution in [1.29, 1.82) is 0 Å². The Kier molecular flexibility index (Phi) is 7.07. The highest BCUT2D eigenvalue weighted by Gasteiger charge is 2.25. The normalized spacial score (nSPS) is 10.8. The van der Waals surface area contributed by atoms with E-state index in [1.54, 1.807) is 66.7 Å². The summed E-state index contributed by atoms with van der Waals surface area (Å²) in [6.07, 6.45) is 1.55. The summed E-state index contributed by atoms with van der Waals surface area (Å²) in [4.78, 5) is 25.6. The number of hydrogen-bond donors (Lipinski definition) is 2. The molecule has 8 heteroatoms. The minimum absolute atomic E-state index is 0.113. The molecular formula is C24H23N3O4S. The van der Waals surface area contributed by atoms with Crippen LogP contribution in [0.1, 0.15) is 20.7 Å². The summed E-state index contributed by atoms with van der Waals surface area (Å²) in [5.41, 5.74) is 0.950. The number of carbonyl (C=O) groups excluding carboxylic acids is 2. The quantitative estimate of drug-likeness (QED) is 0.513. The van der Waals surface area contributed by atoms with Gasteiger partial charge in [-0.2, -0.15) is 0 Å². The van der Waals surface area contributed by atoms with Gasteiger partial charge in [-0.1, -0.05) is 48.5 Å². The Bertz CT molecular complexity index is 1240. The van der Waals surface area contributed by atoms with Crippen LogP contribution in [-0.2, 0) is 10.0 Å². The summed E-state index contributed by atoms with van der Waals surface area (Å²) in [6, 6.07) is 20.9. The Balaban J connectivity index is 1.93. The third kappa shape index (κ3) is 4.87. The fourth-order valence-corrected chi connectivity index (χ4v) is 4.30. The van der Waals surface area contributed by atoms with Gasteiger partial charge in [0.2, 0.25) is 0 Å². The molecule has 0 radical (unpaired) electrons. The van der Waals surface area contributed by atoms with Crippen LogP contribution in [0.3, 0.4) is 0 Å². The van der Waals surface area contributed by atoms with Crippen LogP contribution >= 0.6 is 0 Å². The first-order chi connectivity index (χ1) is 15.4. The van der Waals surface area contributed by atoms with E-state index in [4.69, 9.17) is 0 Å². The summed E-state index contributed by atoms with van der Waals surface area (Å²) >= 11 is 0. The maximum Gasteiger partial charge on any atom is 0.264 e. The Hall–Kier alpha value is -3.91. The molecule has 3 rings (SSSR count). The van der Waals surface area contributed by atoms with Gasteiger partial charge in [-0.3, -0.25) is 13.9 Å². The van der Waals surface area contributed by atoms with Crippen molar-refractivity contribution in [1.82, 2.24) is 5.32 Å². The minimum atomic E-state index is -3.87. The number of amides is 2. The van der Waals surface area contributed by atoms with E-state index in [-0.39, 0.29) is 34.2 Å². The molecule has 0 atom stereocenters. The van der Waals surface area contributed by atoms with Crippen LogP contribution < -0.4 is 14.9 Å². The molecule has 0 heterocycles. The lowest BCUT2D eigenvalue weighted by molar-refractivity contribution is 0.0959. The van der Waals surface area contributed by atoms with Gasteiger partial charge in [0.05, 0.1) is 27.4 Å². The fourth-order valence-electron chi connectivity index (χ4n) is 3.06. The molecule has 2 amide bonds. The lowest BCUT2D eigenvalue weighted by Crippen LogP contribution is -2.29. The molecule has 0 unspecified atom stereocenters. The average molecular weight is 450 g/mol. The highest BCUT2D eigenvalue weighted by Crippen LogP contribution is 2.27. The summed E-state index contributed by atoms with van der Waals surface area (Å²) in [5.74, 6) is -0.905. The van der Waals surface area contributed by atoms with E-state index in [1.807, 2.05) is 0 Å². The molecule has 0 aliphatic carbocycles. The molecular weight excluding hydrogens is 426 g/mol. The van der Waals surface area contributed by atoms with Crippen LogP contribution in [0.2, 0.25) is 0 Å². The fraction of sp³-hybridized carbons (Fsp3) is 0.0833. The number of sulfonamides is 1. The SMILES string of the molecule is C=CCNC(=O)c1ccccc1NC(=O)c1ccccc1N(C)S(=O)(=O)c1ccccc1. The monoisotopic (exact) mass is 449 g/mol. The van der Waals surface area contributed by atoms with Gasteiger partial charge < -0.3 is 10.6 Å². The predicted octanol–water partition coefficient (Wildman–Crippen LogP) is 3.68. The molecule has 32 heavy (non-hydrogen) atoms. The van der Waals surface area contributed by atoms with Gasteiger partial charge in [0, 0.05) is 13.6 Å². The first kappa shape index (κ1) is 22.8. The second-order valence-electron chi connectivity index (χ2n) is 6.80. The Labute approximate surface area is 187 Å². The molecule has 3 aromatic rings. The maximum atomic E-state index is 13.1. The number of hydrogen-bond acceptors (Lipinski definition) is 4. The molecule has 0 aliphatic heterocycles. The van der Waals surface area contributed by atoms with Crippen LogP contribution in [-0.4, -0.2) is 33.8 Å². The van der Waals surface area contributed by atoms with E-state index < -0.39 is 15.9 Å². The van der Waals surface area contributed by atoms with Crippen molar-refractivity contribution in [2.75, 3.05) is 23.2 Å². The van der Waals surface area contributed by atoms with Gasteiger partial charge in [0.1, 0.15) is 0 Å². The molecule has 0 aromatic heterocycles. The molecule has 164 valence electrons. The Morgan fingerprint density at radius 3 is 2.16 bits per heavy atom. The third-order valence-electron chi connectivity index (χ3n) is 4.72. The van der Waals surface area contributed by atoms with Crippen molar-refractivity contribution in [3.8, 4) is 0 Å².